The Morgan fingerprint density at radius 1 is 0.943 bits per heavy atom. The SMILES string of the molecule is COc1ccc(S(=O)(=O)N(CC(=O)NC(C)c2ccc3c(c2)CCC3)c2ccccc2)cc1OC. The minimum absolute atomic E-state index is 0.00141. The summed E-state index contributed by atoms with van der Waals surface area (Å²) in [5, 5.41) is 2.96. The van der Waals surface area contributed by atoms with E-state index in [1.165, 1.54) is 43.5 Å². The van der Waals surface area contributed by atoms with E-state index < -0.39 is 15.9 Å². The molecule has 1 atom stereocenters. The maximum absolute atomic E-state index is 13.7. The minimum atomic E-state index is -4.08. The summed E-state index contributed by atoms with van der Waals surface area (Å²) in [6.07, 6.45) is 3.30. The first-order valence-corrected chi connectivity index (χ1v) is 13.0. The zero-order valence-corrected chi connectivity index (χ0v) is 21.0. The number of nitrogens with one attached hydrogen (secondary N) is 1. The largest absolute Gasteiger partial charge is 0.493 e. The molecule has 1 aliphatic rings. The van der Waals surface area contributed by atoms with Gasteiger partial charge in [-0.3, -0.25) is 9.10 Å². The highest BCUT2D eigenvalue weighted by Crippen LogP contribution is 2.32. The Morgan fingerprint density at radius 2 is 1.66 bits per heavy atom. The summed E-state index contributed by atoms with van der Waals surface area (Å²) in [4.78, 5) is 13.1. The number of carbonyl (C=O) groups excluding carboxylic acids is 1. The molecule has 0 spiro atoms. The van der Waals surface area contributed by atoms with Crippen LogP contribution in [0, 0.1) is 0 Å². The Kier molecular flexibility index (Phi) is 7.31. The van der Waals surface area contributed by atoms with Gasteiger partial charge < -0.3 is 14.8 Å². The van der Waals surface area contributed by atoms with Gasteiger partial charge in [0, 0.05) is 6.07 Å². The topological polar surface area (TPSA) is 84.9 Å². The quantitative estimate of drug-likeness (QED) is 0.480. The summed E-state index contributed by atoms with van der Waals surface area (Å²) in [5.74, 6) is 0.306. The van der Waals surface area contributed by atoms with Gasteiger partial charge in [0.15, 0.2) is 11.5 Å². The van der Waals surface area contributed by atoms with Crippen LogP contribution in [-0.2, 0) is 27.7 Å². The molecule has 0 bridgehead atoms. The lowest BCUT2D eigenvalue weighted by atomic mass is 10.0. The van der Waals surface area contributed by atoms with Crippen LogP contribution in [0.25, 0.3) is 0 Å². The normalized spacial score (nSPS) is 13.6. The van der Waals surface area contributed by atoms with Crippen LogP contribution < -0.4 is 19.1 Å². The summed E-state index contributed by atoms with van der Waals surface area (Å²) in [6, 6.07) is 19.0. The van der Waals surface area contributed by atoms with Gasteiger partial charge in [-0.25, -0.2) is 8.42 Å². The molecule has 0 aliphatic heterocycles. The van der Waals surface area contributed by atoms with Crippen molar-refractivity contribution in [3.05, 3.63) is 83.4 Å². The predicted octanol–water partition coefficient (Wildman–Crippen LogP) is 4.27. The first kappa shape index (κ1) is 24.6. The number of hydrogen-bond acceptors (Lipinski definition) is 5. The number of fused-ring (bicyclic) bond motifs is 1. The van der Waals surface area contributed by atoms with Crippen LogP contribution >= 0.6 is 0 Å². The van der Waals surface area contributed by atoms with E-state index in [0.717, 1.165) is 29.1 Å². The number of aryl methyl sites for hydroxylation is 2. The fourth-order valence-corrected chi connectivity index (χ4v) is 5.81. The first-order chi connectivity index (χ1) is 16.8. The van der Waals surface area contributed by atoms with Gasteiger partial charge in [0.2, 0.25) is 5.91 Å². The van der Waals surface area contributed by atoms with Crippen LogP contribution in [-0.4, -0.2) is 35.1 Å². The van der Waals surface area contributed by atoms with E-state index in [0.29, 0.717) is 11.4 Å². The molecule has 4 rings (SSSR count). The van der Waals surface area contributed by atoms with Crippen molar-refractivity contribution >= 4 is 21.6 Å². The lowest BCUT2D eigenvalue weighted by Crippen LogP contribution is -2.41. The second-order valence-electron chi connectivity index (χ2n) is 8.53. The summed E-state index contributed by atoms with van der Waals surface area (Å²) < 4.78 is 39.0. The average molecular weight is 495 g/mol. The molecule has 7 nitrogen and oxygen atoms in total. The molecule has 1 unspecified atom stereocenters. The summed E-state index contributed by atoms with van der Waals surface area (Å²) in [5.41, 5.74) is 4.09. The Labute approximate surface area is 206 Å². The van der Waals surface area contributed by atoms with E-state index in [2.05, 4.69) is 17.4 Å². The summed E-state index contributed by atoms with van der Waals surface area (Å²) in [6.45, 7) is 1.54. The van der Waals surface area contributed by atoms with Gasteiger partial charge in [0.25, 0.3) is 10.0 Å². The van der Waals surface area contributed by atoms with Gasteiger partial charge in [-0.05, 0) is 67.1 Å². The average Bonchev–Trinajstić information content (AvgIpc) is 3.35. The highest BCUT2D eigenvalue weighted by molar-refractivity contribution is 7.92. The number of sulfonamides is 1. The lowest BCUT2D eigenvalue weighted by molar-refractivity contribution is -0.120. The molecule has 0 fully saturated rings. The minimum Gasteiger partial charge on any atom is -0.493 e. The van der Waals surface area contributed by atoms with E-state index in [4.69, 9.17) is 9.47 Å². The number of rotatable bonds is 9. The molecule has 0 saturated heterocycles. The maximum atomic E-state index is 13.7. The van der Waals surface area contributed by atoms with Gasteiger partial charge in [0.05, 0.1) is 30.8 Å². The highest BCUT2D eigenvalue weighted by atomic mass is 32.2. The van der Waals surface area contributed by atoms with Gasteiger partial charge >= 0.3 is 0 Å². The number of amides is 1. The molecule has 1 N–H and O–H groups in total. The smallest absolute Gasteiger partial charge is 0.264 e. The van der Waals surface area contributed by atoms with Crippen molar-refractivity contribution in [1.82, 2.24) is 5.32 Å². The second kappa shape index (κ2) is 10.4. The molecule has 0 aromatic heterocycles. The number of ether oxygens (including phenoxy) is 2. The predicted molar refractivity (Wildman–Crippen MR) is 136 cm³/mol. The van der Waals surface area contributed by atoms with Crippen molar-refractivity contribution in [1.29, 1.82) is 0 Å². The van der Waals surface area contributed by atoms with E-state index in [9.17, 15) is 13.2 Å². The number of benzene rings is 3. The second-order valence-corrected chi connectivity index (χ2v) is 10.4. The van der Waals surface area contributed by atoms with E-state index in [1.807, 2.05) is 13.0 Å². The third-order valence-corrected chi connectivity index (χ3v) is 8.04. The molecule has 3 aromatic rings. The zero-order chi connectivity index (χ0) is 25.0. The Hall–Kier alpha value is -3.52. The van der Waals surface area contributed by atoms with Crippen molar-refractivity contribution < 1.29 is 22.7 Å². The van der Waals surface area contributed by atoms with E-state index in [1.54, 1.807) is 30.3 Å². The van der Waals surface area contributed by atoms with Gasteiger partial charge in [-0.2, -0.15) is 0 Å². The van der Waals surface area contributed by atoms with Gasteiger partial charge in [-0.1, -0.05) is 36.4 Å². The highest BCUT2D eigenvalue weighted by Gasteiger charge is 2.29. The van der Waals surface area contributed by atoms with Crippen LogP contribution in [0.3, 0.4) is 0 Å². The molecular formula is C27H30N2O5S. The summed E-state index contributed by atoms with van der Waals surface area (Å²) >= 11 is 0. The monoisotopic (exact) mass is 494 g/mol. The Bertz CT molecular complexity index is 1310. The van der Waals surface area contributed by atoms with Crippen LogP contribution in [0.2, 0.25) is 0 Å². The van der Waals surface area contributed by atoms with Crippen LogP contribution in [0.1, 0.15) is 36.1 Å². The van der Waals surface area contributed by atoms with Crippen LogP contribution in [0.15, 0.2) is 71.6 Å². The van der Waals surface area contributed by atoms with E-state index in [-0.39, 0.29) is 23.2 Å². The fraction of sp³-hybridized carbons (Fsp3) is 0.296. The zero-order valence-electron chi connectivity index (χ0n) is 20.2. The van der Waals surface area contributed by atoms with Crippen LogP contribution in [0.5, 0.6) is 11.5 Å². The van der Waals surface area contributed by atoms with Crippen molar-refractivity contribution in [2.45, 2.75) is 37.1 Å². The Morgan fingerprint density at radius 3 is 2.37 bits per heavy atom. The first-order valence-electron chi connectivity index (χ1n) is 11.5. The molecular weight excluding hydrogens is 464 g/mol. The number of nitrogens with zero attached hydrogens (tertiary/aromatic N) is 1. The standard InChI is InChI=1S/C27H30N2O5S/c1-19(21-13-12-20-8-7-9-22(20)16-21)28-27(30)18-29(23-10-5-4-6-11-23)35(31,32)24-14-15-25(33-2)26(17-24)34-3/h4-6,10-17,19H,7-9,18H2,1-3H3,(H,28,30). The Balaban J connectivity index is 1.59. The molecule has 1 amide bonds. The van der Waals surface area contributed by atoms with Crippen molar-refractivity contribution in [3.8, 4) is 11.5 Å². The van der Waals surface area contributed by atoms with Crippen molar-refractivity contribution in [2.75, 3.05) is 25.1 Å². The van der Waals surface area contributed by atoms with Gasteiger partial charge in [0.1, 0.15) is 6.54 Å². The molecule has 0 radical (unpaired) electrons. The third-order valence-electron chi connectivity index (χ3n) is 6.27. The molecule has 1 aliphatic carbocycles. The maximum Gasteiger partial charge on any atom is 0.264 e. The summed E-state index contributed by atoms with van der Waals surface area (Å²) in [7, 11) is -1.16. The number of methoxy groups -OCH3 is 2. The molecule has 0 heterocycles. The number of carbonyl (C=O) groups is 1. The van der Waals surface area contributed by atoms with E-state index >= 15 is 0 Å². The molecule has 0 saturated carbocycles. The fourth-order valence-electron chi connectivity index (χ4n) is 4.38. The number of para-hydroxylation sites is 1. The van der Waals surface area contributed by atoms with Gasteiger partial charge in [-0.15, -0.1) is 0 Å². The third kappa shape index (κ3) is 5.27. The number of hydrogen-bond donors (Lipinski definition) is 1. The molecule has 184 valence electrons. The van der Waals surface area contributed by atoms with Crippen molar-refractivity contribution in [2.24, 2.45) is 0 Å². The van der Waals surface area contributed by atoms with Crippen LogP contribution in [0.4, 0.5) is 5.69 Å². The lowest BCUT2D eigenvalue weighted by Gasteiger charge is -2.25. The number of anilines is 1. The van der Waals surface area contributed by atoms with Crippen molar-refractivity contribution in [3.63, 3.8) is 0 Å². The molecule has 3 aromatic carbocycles. The molecule has 8 heteroatoms. The molecule has 35 heavy (non-hydrogen) atoms.